The zero-order valence-corrected chi connectivity index (χ0v) is 9.07. The number of hydrogen-bond donors (Lipinski definition) is 1. The van der Waals surface area contributed by atoms with Gasteiger partial charge in [0, 0.05) is 29.2 Å². The molecule has 1 aromatic rings. The molecule has 78 valence electrons. The molecule has 1 aliphatic heterocycles. The maximum Gasteiger partial charge on any atom is 0.0709 e. The van der Waals surface area contributed by atoms with Crippen molar-refractivity contribution in [2.45, 2.75) is 6.92 Å². The standard InChI is InChI=1S/C14H12N2/c1-10-8-12-11(5-7-16-14(12)9-10)13-4-2-3-6-15-13/h2-9,16H,1H3. The van der Waals surface area contributed by atoms with E-state index >= 15 is 0 Å². The third-order valence-electron chi connectivity index (χ3n) is 2.75. The van der Waals surface area contributed by atoms with Gasteiger partial charge in [0.05, 0.1) is 5.69 Å². The molecule has 1 aromatic heterocycles. The predicted octanol–water partition coefficient (Wildman–Crippen LogP) is 3.49. The van der Waals surface area contributed by atoms with Crippen LogP contribution in [-0.2, 0) is 0 Å². The Bertz CT molecular complexity index is 581. The minimum atomic E-state index is 1.02. The molecule has 2 heteroatoms. The summed E-state index contributed by atoms with van der Waals surface area (Å²) >= 11 is 0. The van der Waals surface area contributed by atoms with Crippen molar-refractivity contribution >= 4 is 0 Å². The van der Waals surface area contributed by atoms with Crippen molar-refractivity contribution in [2.24, 2.45) is 0 Å². The average molecular weight is 208 g/mol. The Labute approximate surface area is 94.3 Å². The largest absolute Gasteiger partial charge is 0.361 e. The van der Waals surface area contributed by atoms with Crippen molar-refractivity contribution in [3.8, 4) is 22.5 Å². The lowest BCUT2D eigenvalue weighted by Crippen LogP contribution is -1.87. The van der Waals surface area contributed by atoms with Crippen molar-refractivity contribution in [3.63, 3.8) is 0 Å². The normalized spacial score (nSPS) is 10.8. The lowest BCUT2D eigenvalue weighted by Gasteiger charge is -2.06. The van der Waals surface area contributed by atoms with E-state index < -0.39 is 0 Å². The molecule has 16 heavy (non-hydrogen) atoms. The zero-order chi connectivity index (χ0) is 11.0. The Balaban J connectivity index is 2.26. The van der Waals surface area contributed by atoms with Crippen LogP contribution in [-0.4, -0.2) is 9.97 Å². The molecule has 2 aliphatic rings. The second-order valence-corrected chi connectivity index (χ2v) is 3.97. The maximum absolute atomic E-state index is 4.39. The molecule has 0 radical (unpaired) electrons. The molecule has 3 rings (SSSR count). The molecule has 0 spiro atoms. The molecule has 2 nitrogen and oxygen atoms in total. The molecule has 0 aromatic carbocycles. The molecule has 2 heterocycles. The number of aryl methyl sites for hydroxylation is 1. The lowest BCUT2D eigenvalue weighted by atomic mass is 10.1. The van der Waals surface area contributed by atoms with Crippen molar-refractivity contribution < 1.29 is 0 Å². The first-order valence-electron chi connectivity index (χ1n) is 5.34. The quantitative estimate of drug-likeness (QED) is 0.651. The van der Waals surface area contributed by atoms with Gasteiger partial charge < -0.3 is 4.98 Å². The topological polar surface area (TPSA) is 28.7 Å². The van der Waals surface area contributed by atoms with Crippen molar-refractivity contribution in [2.75, 3.05) is 0 Å². The van der Waals surface area contributed by atoms with Gasteiger partial charge in [-0.1, -0.05) is 6.07 Å². The Hall–Kier alpha value is -2.09. The SMILES string of the molecule is Cc1cc2[nH]ccc(-c3ccccn3)c-2c1. The van der Waals surface area contributed by atoms with Crippen LogP contribution in [0.25, 0.3) is 22.5 Å². The summed E-state index contributed by atoms with van der Waals surface area (Å²) in [5.74, 6) is 0. The fraction of sp³-hybridized carbons (Fsp3) is 0.0714. The molecular weight excluding hydrogens is 196 g/mol. The maximum atomic E-state index is 4.39. The van der Waals surface area contributed by atoms with E-state index in [-0.39, 0.29) is 0 Å². The van der Waals surface area contributed by atoms with Gasteiger partial charge in [-0.05, 0) is 42.8 Å². The van der Waals surface area contributed by atoms with Crippen LogP contribution in [0.1, 0.15) is 5.56 Å². The third-order valence-corrected chi connectivity index (χ3v) is 2.75. The Morgan fingerprint density at radius 3 is 2.81 bits per heavy atom. The Morgan fingerprint density at radius 2 is 2.00 bits per heavy atom. The summed E-state index contributed by atoms with van der Waals surface area (Å²) in [5, 5.41) is 0. The monoisotopic (exact) mass is 208 g/mol. The van der Waals surface area contributed by atoms with E-state index in [1.165, 1.54) is 22.4 Å². The molecule has 1 N–H and O–H groups in total. The van der Waals surface area contributed by atoms with Gasteiger partial charge in [0.1, 0.15) is 0 Å². The summed E-state index contributed by atoms with van der Waals surface area (Å²) < 4.78 is 0. The number of nitrogens with zero attached hydrogens (tertiary/aromatic N) is 1. The smallest absolute Gasteiger partial charge is 0.0709 e. The van der Waals surface area contributed by atoms with Gasteiger partial charge in [-0.2, -0.15) is 0 Å². The van der Waals surface area contributed by atoms with Crippen LogP contribution in [0.2, 0.25) is 0 Å². The van der Waals surface area contributed by atoms with Gasteiger partial charge >= 0.3 is 0 Å². The van der Waals surface area contributed by atoms with E-state index in [1.54, 1.807) is 0 Å². The molecule has 0 atom stereocenters. The van der Waals surface area contributed by atoms with E-state index in [0.29, 0.717) is 0 Å². The highest BCUT2D eigenvalue weighted by molar-refractivity contribution is 5.82. The summed E-state index contributed by atoms with van der Waals surface area (Å²) in [7, 11) is 0. The van der Waals surface area contributed by atoms with Gasteiger partial charge in [-0.3, -0.25) is 4.98 Å². The molecule has 0 unspecified atom stereocenters. The van der Waals surface area contributed by atoms with Crippen LogP contribution in [0.4, 0.5) is 0 Å². The molecule has 0 saturated heterocycles. The Kier molecular flexibility index (Phi) is 2.00. The molecule has 1 aliphatic carbocycles. The second-order valence-electron chi connectivity index (χ2n) is 3.97. The molecule has 0 amide bonds. The predicted molar refractivity (Wildman–Crippen MR) is 65.4 cm³/mol. The molecular formula is C14H12N2. The average Bonchev–Trinajstić information content (AvgIpc) is 2.70. The number of H-pyrrole nitrogens is 1. The number of hydrogen-bond acceptors (Lipinski definition) is 1. The van der Waals surface area contributed by atoms with Crippen LogP contribution in [0.15, 0.2) is 48.8 Å². The summed E-state index contributed by atoms with van der Waals surface area (Å²) in [6.07, 6.45) is 3.79. The molecule has 0 saturated carbocycles. The van der Waals surface area contributed by atoms with Gasteiger partial charge in [-0.15, -0.1) is 0 Å². The first-order chi connectivity index (χ1) is 7.84. The van der Waals surface area contributed by atoms with E-state index in [1.807, 2.05) is 30.6 Å². The van der Waals surface area contributed by atoms with E-state index in [4.69, 9.17) is 0 Å². The van der Waals surface area contributed by atoms with Gasteiger partial charge in [-0.25, -0.2) is 0 Å². The number of rotatable bonds is 1. The van der Waals surface area contributed by atoms with Crippen LogP contribution >= 0.6 is 0 Å². The van der Waals surface area contributed by atoms with E-state index in [2.05, 4.69) is 35.1 Å². The van der Waals surface area contributed by atoms with Crippen LogP contribution in [0, 0.1) is 6.92 Å². The number of fused-ring (bicyclic) bond motifs is 1. The van der Waals surface area contributed by atoms with Crippen molar-refractivity contribution in [3.05, 3.63) is 54.4 Å². The molecule has 0 fully saturated rings. The van der Waals surface area contributed by atoms with Gasteiger partial charge in [0.25, 0.3) is 0 Å². The summed E-state index contributed by atoms with van der Waals surface area (Å²) in [6, 6.07) is 12.4. The summed E-state index contributed by atoms with van der Waals surface area (Å²) in [6.45, 7) is 2.11. The highest BCUT2D eigenvalue weighted by Gasteiger charge is 2.11. The Morgan fingerprint density at radius 1 is 1.06 bits per heavy atom. The lowest BCUT2D eigenvalue weighted by molar-refractivity contribution is 1.29. The second kappa shape index (κ2) is 3.49. The number of nitrogens with one attached hydrogen (secondary N) is 1. The number of pyridine rings is 2. The zero-order valence-electron chi connectivity index (χ0n) is 9.07. The van der Waals surface area contributed by atoms with Crippen molar-refractivity contribution in [1.29, 1.82) is 0 Å². The number of aromatic nitrogens is 2. The highest BCUT2D eigenvalue weighted by Crippen LogP contribution is 2.32. The third kappa shape index (κ3) is 1.39. The summed E-state index contributed by atoms with van der Waals surface area (Å²) in [5.41, 5.74) is 5.88. The van der Waals surface area contributed by atoms with Crippen LogP contribution in [0.5, 0.6) is 0 Å². The minimum Gasteiger partial charge on any atom is -0.361 e. The minimum absolute atomic E-state index is 1.02. The first kappa shape index (κ1) is 9.16. The molecule has 0 bridgehead atoms. The van der Waals surface area contributed by atoms with E-state index in [0.717, 1.165) is 5.69 Å². The van der Waals surface area contributed by atoms with Crippen LogP contribution in [0.3, 0.4) is 0 Å². The van der Waals surface area contributed by atoms with Crippen molar-refractivity contribution in [1.82, 2.24) is 9.97 Å². The summed E-state index contributed by atoms with van der Waals surface area (Å²) in [4.78, 5) is 7.65. The highest BCUT2D eigenvalue weighted by atomic mass is 14.7. The van der Waals surface area contributed by atoms with Crippen LogP contribution < -0.4 is 0 Å². The fourth-order valence-corrected chi connectivity index (χ4v) is 2.04. The fourth-order valence-electron chi connectivity index (χ4n) is 2.04. The van der Waals surface area contributed by atoms with Gasteiger partial charge in [0.2, 0.25) is 0 Å². The van der Waals surface area contributed by atoms with Gasteiger partial charge in [0.15, 0.2) is 0 Å². The van der Waals surface area contributed by atoms with E-state index in [9.17, 15) is 0 Å². The first-order valence-corrected chi connectivity index (χ1v) is 5.34. The number of aromatic amines is 1.